The number of alkyl halides is 3. The minimum Gasteiger partial charge on any atom is -0.465 e. The standard InChI is InChI=1S/C21H22ClF3N2O4S/c1-2-31-20(28)19(15-6-4-3-5-7-15)26-10-12-27(13-11-26)32(29,30)16-8-9-18(22)17(14-16)21(23,24)25/h3-9,14,19H,2,10-13H2,1H3. The molecule has 0 saturated carbocycles. The van der Waals surface area contributed by atoms with E-state index in [-0.39, 0.29) is 32.8 Å². The van der Waals surface area contributed by atoms with Gasteiger partial charge >= 0.3 is 12.1 Å². The van der Waals surface area contributed by atoms with Crippen molar-refractivity contribution in [3.8, 4) is 0 Å². The number of ether oxygens (including phenoxy) is 1. The number of sulfonamides is 1. The number of nitrogens with zero attached hydrogens (tertiary/aromatic N) is 2. The third-order valence-corrected chi connectivity index (χ3v) is 7.37. The Labute approximate surface area is 189 Å². The summed E-state index contributed by atoms with van der Waals surface area (Å²) in [5.74, 6) is -0.442. The summed E-state index contributed by atoms with van der Waals surface area (Å²) in [5.41, 5.74) is -0.486. The van der Waals surface area contributed by atoms with Crippen LogP contribution in [0.4, 0.5) is 13.2 Å². The number of esters is 1. The zero-order valence-electron chi connectivity index (χ0n) is 17.2. The Morgan fingerprint density at radius 3 is 2.28 bits per heavy atom. The molecule has 0 amide bonds. The Kier molecular flexibility index (Phi) is 7.49. The molecular weight excluding hydrogens is 469 g/mol. The molecule has 1 unspecified atom stereocenters. The number of hydrogen-bond acceptors (Lipinski definition) is 5. The highest BCUT2D eigenvalue weighted by molar-refractivity contribution is 7.89. The first-order valence-electron chi connectivity index (χ1n) is 9.88. The maximum Gasteiger partial charge on any atom is 0.417 e. The van der Waals surface area contributed by atoms with Gasteiger partial charge in [0.2, 0.25) is 10.0 Å². The van der Waals surface area contributed by atoms with Crippen molar-refractivity contribution in [2.45, 2.75) is 24.0 Å². The Balaban J connectivity index is 1.80. The first-order valence-corrected chi connectivity index (χ1v) is 11.7. The van der Waals surface area contributed by atoms with Crippen LogP contribution in [0.25, 0.3) is 0 Å². The lowest BCUT2D eigenvalue weighted by Crippen LogP contribution is -2.51. The Hall–Kier alpha value is -2.14. The zero-order chi connectivity index (χ0) is 23.5. The van der Waals surface area contributed by atoms with Crippen LogP contribution in [0.5, 0.6) is 0 Å². The Bertz CT molecular complexity index is 1060. The number of carbonyl (C=O) groups excluding carboxylic acids is 1. The van der Waals surface area contributed by atoms with Crippen LogP contribution in [0.3, 0.4) is 0 Å². The summed E-state index contributed by atoms with van der Waals surface area (Å²) in [5, 5.41) is -0.568. The summed E-state index contributed by atoms with van der Waals surface area (Å²) >= 11 is 5.61. The molecule has 11 heteroatoms. The predicted octanol–water partition coefficient (Wildman–Crippen LogP) is 3.97. The summed E-state index contributed by atoms with van der Waals surface area (Å²) in [4.78, 5) is 13.9. The second kappa shape index (κ2) is 9.78. The average Bonchev–Trinajstić information content (AvgIpc) is 2.74. The second-order valence-corrected chi connectivity index (χ2v) is 9.49. The monoisotopic (exact) mass is 490 g/mol. The lowest BCUT2D eigenvalue weighted by molar-refractivity contribution is -0.150. The molecule has 3 rings (SSSR count). The van der Waals surface area contributed by atoms with Crippen molar-refractivity contribution in [3.63, 3.8) is 0 Å². The first kappa shape index (κ1) is 24.5. The molecule has 174 valence electrons. The van der Waals surface area contributed by atoms with E-state index in [0.717, 1.165) is 22.0 Å². The van der Waals surface area contributed by atoms with Gasteiger partial charge in [-0.15, -0.1) is 0 Å². The van der Waals surface area contributed by atoms with Gasteiger partial charge in [-0.2, -0.15) is 17.5 Å². The number of piperazine rings is 1. The molecule has 0 aromatic heterocycles. The van der Waals surface area contributed by atoms with Crippen molar-refractivity contribution in [2.24, 2.45) is 0 Å². The molecule has 2 aromatic rings. The van der Waals surface area contributed by atoms with E-state index < -0.39 is 43.7 Å². The number of halogens is 4. The lowest BCUT2D eigenvalue weighted by Gasteiger charge is -2.37. The summed E-state index contributed by atoms with van der Waals surface area (Å²) in [6.45, 7) is 2.33. The maximum atomic E-state index is 13.2. The summed E-state index contributed by atoms with van der Waals surface area (Å²) < 4.78 is 71.7. The van der Waals surface area contributed by atoms with Gasteiger partial charge in [0.25, 0.3) is 0 Å². The van der Waals surface area contributed by atoms with E-state index in [9.17, 15) is 26.4 Å². The van der Waals surface area contributed by atoms with E-state index in [1.54, 1.807) is 31.2 Å². The number of rotatable bonds is 6. The highest BCUT2D eigenvalue weighted by atomic mass is 35.5. The van der Waals surface area contributed by atoms with E-state index in [0.29, 0.717) is 6.07 Å². The van der Waals surface area contributed by atoms with Gasteiger partial charge < -0.3 is 4.74 Å². The first-order chi connectivity index (χ1) is 15.1. The van der Waals surface area contributed by atoms with Gasteiger partial charge in [0, 0.05) is 26.2 Å². The van der Waals surface area contributed by atoms with E-state index in [1.807, 2.05) is 11.0 Å². The molecule has 6 nitrogen and oxygen atoms in total. The highest BCUT2D eigenvalue weighted by Gasteiger charge is 2.38. The minimum atomic E-state index is -4.77. The molecule has 1 atom stereocenters. The molecule has 0 spiro atoms. The molecule has 1 aliphatic rings. The summed E-state index contributed by atoms with van der Waals surface area (Å²) in [6, 6.07) is 10.8. The second-order valence-electron chi connectivity index (χ2n) is 7.14. The molecular formula is C21H22ClF3N2O4S. The van der Waals surface area contributed by atoms with E-state index in [1.165, 1.54) is 0 Å². The Morgan fingerprint density at radius 2 is 1.72 bits per heavy atom. The maximum absolute atomic E-state index is 13.2. The van der Waals surface area contributed by atoms with Crippen LogP contribution in [0, 0.1) is 0 Å². The normalized spacial score (nSPS) is 17.2. The molecule has 1 aliphatic heterocycles. The van der Waals surface area contributed by atoms with Gasteiger partial charge in [0.15, 0.2) is 0 Å². The molecule has 0 radical (unpaired) electrons. The smallest absolute Gasteiger partial charge is 0.417 e. The van der Waals surface area contributed by atoms with E-state index >= 15 is 0 Å². The summed E-state index contributed by atoms with van der Waals surface area (Å²) in [7, 11) is -4.17. The fraction of sp³-hybridized carbons (Fsp3) is 0.381. The van der Waals surface area contributed by atoms with Crippen molar-refractivity contribution < 1.29 is 31.1 Å². The number of benzene rings is 2. The van der Waals surface area contributed by atoms with Crippen molar-refractivity contribution in [1.29, 1.82) is 0 Å². The van der Waals surface area contributed by atoms with E-state index in [4.69, 9.17) is 16.3 Å². The zero-order valence-corrected chi connectivity index (χ0v) is 18.8. The van der Waals surface area contributed by atoms with Crippen LogP contribution in [-0.4, -0.2) is 56.4 Å². The van der Waals surface area contributed by atoms with Crippen LogP contribution in [0.2, 0.25) is 5.02 Å². The average molecular weight is 491 g/mol. The largest absolute Gasteiger partial charge is 0.465 e. The molecule has 0 N–H and O–H groups in total. The molecule has 1 heterocycles. The quantitative estimate of drug-likeness (QED) is 0.573. The van der Waals surface area contributed by atoms with Gasteiger partial charge in [0.05, 0.1) is 22.1 Å². The lowest BCUT2D eigenvalue weighted by atomic mass is 10.0. The van der Waals surface area contributed by atoms with Gasteiger partial charge in [-0.3, -0.25) is 4.90 Å². The van der Waals surface area contributed by atoms with Gasteiger partial charge in [-0.1, -0.05) is 41.9 Å². The predicted molar refractivity (Wildman–Crippen MR) is 113 cm³/mol. The van der Waals surface area contributed by atoms with Gasteiger partial charge in [-0.05, 0) is 30.7 Å². The van der Waals surface area contributed by atoms with Crippen molar-refractivity contribution >= 4 is 27.6 Å². The van der Waals surface area contributed by atoms with Crippen LogP contribution in [-0.2, 0) is 25.7 Å². The third kappa shape index (κ3) is 5.25. The van der Waals surface area contributed by atoms with Crippen molar-refractivity contribution in [1.82, 2.24) is 9.21 Å². The van der Waals surface area contributed by atoms with Crippen LogP contribution in [0.15, 0.2) is 53.4 Å². The molecule has 1 saturated heterocycles. The number of carbonyl (C=O) groups is 1. The summed E-state index contributed by atoms with van der Waals surface area (Å²) in [6.07, 6.45) is -4.77. The molecule has 2 aromatic carbocycles. The fourth-order valence-electron chi connectivity index (χ4n) is 3.59. The van der Waals surface area contributed by atoms with Gasteiger partial charge in [0.1, 0.15) is 6.04 Å². The van der Waals surface area contributed by atoms with Crippen LogP contribution >= 0.6 is 11.6 Å². The topological polar surface area (TPSA) is 66.9 Å². The number of hydrogen-bond donors (Lipinski definition) is 0. The third-order valence-electron chi connectivity index (χ3n) is 5.14. The Morgan fingerprint density at radius 1 is 1.09 bits per heavy atom. The minimum absolute atomic E-state index is 0.00898. The highest BCUT2D eigenvalue weighted by Crippen LogP contribution is 2.36. The van der Waals surface area contributed by atoms with Gasteiger partial charge in [-0.25, -0.2) is 13.2 Å². The van der Waals surface area contributed by atoms with Crippen molar-refractivity contribution in [3.05, 3.63) is 64.7 Å². The molecule has 32 heavy (non-hydrogen) atoms. The molecule has 0 aliphatic carbocycles. The van der Waals surface area contributed by atoms with Crippen molar-refractivity contribution in [2.75, 3.05) is 32.8 Å². The SMILES string of the molecule is CCOC(=O)C(c1ccccc1)N1CCN(S(=O)(=O)c2ccc(Cl)c(C(F)(F)F)c2)CC1. The fourth-order valence-corrected chi connectivity index (χ4v) is 5.26. The molecule has 1 fully saturated rings. The van der Waals surface area contributed by atoms with Crippen LogP contribution < -0.4 is 0 Å². The molecule has 0 bridgehead atoms. The van der Waals surface area contributed by atoms with Crippen LogP contribution in [0.1, 0.15) is 24.1 Å². The van der Waals surface area contributed by atoms with E-state index in [2.05, 4.69) is 0 Å².